The number of phenolic OH excluding ortho intramolecular Hbond substituents is 1. The molecule has 0 unspecified atom stereocenters. The van der Waals surface area contributed by atoms with Gasteiger partial charge in [0.1, 0.15) is 17.2 Å². The molecule has 1 aromatic carbocycles. The Morgan fingerprint density at radius 2 is 1.55 bits per heavy atom. The van der Waals surface area contributed by atoms with Gasteiger partial charge in [-0.3, -0.25) is 9.97 Å². The third-order valence-corrected chi connectivity index (χ3v) is 2.73. The number of pyridine rings is 2. The molecular formula is C16H12N2O2. The molecule has 0 saturated heterocycles. The van der Waals surface area contributed by atoms with Crippen LogP contribution in [0.2, 0.25) is 0 Å². The SMILES string of the molecule is Oc1ccc(Oc2ccnc(-c3ccccn3)c2)cc1. The molecule has 4 nitrogen and oxygen atoms in total. The highest BCUT2D eigenvalue weighted by Gasteiger charge is 2.03. The van der Waals surface area contributed by atoms with Crippen LogP contribution in [0, 0.1) is 0 Å². The third kappa shape index (κ3) is 2.75. The van der Waals surface area contributed by atoms with Gasteiger partial charge in [-0.15, -0.1) is 0 Å². The highest BCUT2D eigenvalue weighted by atomic mass is 16.5. The van der Waals surface area contributed by atoms with Crippen LogP contribution in [0.1, 0.15) is 0 Å². The van der Waals surface area contributed by atoms with Crippen molar-refractivity contribution in [2.45, 2.75) is 0 Å². The smallest absolute Gasteiger partial charge is 0.131 e. The summed E-state index contributed by atoms with van der Waals surface area (Å²) >= 11 is 0. The van der Waals surface area contributed by atoms with E-state index in [-0.39, 0.29) is 5.75 Å². The van der Waals surface area contributed by atoms with Crippen LogP contribution >= 0.6 is 0 Å². The van der Waals surface area contributed by atoms with E-state index in [1.807, 2.05) is 24.3 Å². The maximum Gasteiger partial charge on any atom is 0.131 e. The van der Waals surface area contributed by atoms with E-state index in [1.165, 1.54) is 0 Å². The quantitative estimate of drug-likeness (QED) is 0.784. The van der Waals surface area contributed by atoms with Crippen LogP contribution in [0.3, 0.4) is 0 Å². The van der Waals surface area contributed by atoms with Crippen LogP contribution in [-0.4, -0.2) is 15.1 Å². The molecule has 0 aliphatic rings. The van der Waals surface area contributed by atoms with Crippen molar-refractivity contribution < 1.29 is 9.84 Å². The fourth-order valence-electron chi connectivity index (χ4n) is 1.78. The summed E-state index contributed by atoms with van der Waals surface area (Å²) in [6.07, 6.45) is 3.41. The lowest BCUT2D eigenvalue weighted by molar-refractivity contribution is 0.464. The van der Waals surface area contributed by atoms with Gasteiger partial charge in [0.05, 0.1) is 11.4 Å². The summed E-state index contributed by atoms with van der Waals surface area (Å²) in [6.45, 7) is 0. The van der Waals surface area contributed by atoms with E-state index >= 15 is 0 Å². The van der Waals surface area contributed by atoms with Crippen LogP contribution in [0.15, 0.2) is 67.0 Å². The molecular weight excluding hydrogens is 252 g/mol. The number of nitrogens with zero attached hydrogens (tertiary/aromatic N) is 2. The van der Waals surface area contributed by atoms with Gasteiger partial charge >= 0.3 is 0 Å². The van der Waals surface area contributed by atoms with Crippen LogP contribution in [0.25, 0.3) is 11.4 Å². The Morgan fingerprint density at radius 1 is 0.750 bits per heavy atom. The number of hydrogen-bond acceptors (Lipinski definition) is 4. The molecule has 2 aromatic heterocycles. The zero-order chi connectivity index (χ0) is 13.8. The first-order chi connectivity index (χ1) is 9.81. The Balaban J connectivity index is 1.86. The topological polar surface area (TPSA) is 55.2 Å². The van der Waals surface area contributed by atoms with Crippen molar-refractivity contribution in [1.29, 1.82) is 0 Å². The van der Waals surface area contributed by atoms with Crippen molar-refractivity contribution >= 4 is 0 Å². The second kappa shape index (κ2) is 5.40. The average molecular weight is 264 g/mol. The number of rotatable bonds is 3. The second-order valence-electron chi connectivity index (χ2n) is 4.19. The lowest BCUT2D eigenvalue weighted by Crippen LogP contribution is -1.89. The zero-order valence-corrected chi connectivity index (χ0v) is 10.6. The predicted octanol–water partition coefficient (Wildman–Crippen LogP) is 3.64. The van der Waals surface area contributed by atoms with E-state index in [2.05, 4.69) is 9.97 Å². The van der Waals surface area contributed by atoms with Crippen molar-refractivity contribution in [3.8, 4) is 28.6 Å². The highest BCUT2D eigenvalue weighted by molar-refractivity contribution is 5.55. The van der Waals surface area contributed by atoms with E-state index in [0.717, 1.165) is 11.4 Å². The number of phenols is 1. The molecule has 0 aliphatic heterocycles. The second-order valence-corrected chi connectivity index (χ2v) is 4.19. The summed E-state index contributed by atoms with van der Waals surface area (Å²) in [5.74, 6) is 1.54. The van der Waals surface area contributed by atoms with Crippen LogP contribution in [0.5, 0.6) is 17.2 Å². The average Bonchev–Trinajstić information content (AvgIpc) is 2.51. The molecule has 0 amide bonds. The summed E-state index contributed by atoms with van der Waals surface area (Å²) < 4.78 is 5.72. The molecule has 0 spiro atoms. The Labute approximate surface area is 116 Å². The van der Waals surface area contributed by atoms with E-state index in [4.69, 9.17) is 4.74 Å². The monoisotopic (exact) mass is 264 g/mol. The Kier molecular flexibility index (Phi) is 3.29. The van der Waals surface area contributed by atoms with Gasteiger partial charge in [-0.1, -0.05) is 6.07 Å². The van der Waals surface area contributed by atoms with E-state index in [9.17, 15) is 5.11 Å². The van der Waals surface area contributed by atoms with Gasteiger partial charge in [-0.2, -0.15) is 0 Å². The number of aromatic nitrogens is 2. The summed E-state index contributed by atoms with van der Waals surface area (Å²) in [4.78, 5) is 8.54. The van der Waals surface area contributed by atoms with Gasteiger partial charge in [0.15, 0.2) is 0 Å². The first-order valence-corrected chi connectivity index (χ1v) is 6.15. The summed E-state index contributed by atoms with van der Waals surface area (Å²) in [6, 6.07) is 15.8. The number of hydrogen-bond donors (Lipinski definition) is 1. The molecule has 2 heterocycles. The van der Waals surface area contributed by atoms with Crippen molar-refractivity contribution in [1.82, 2.24) is 9.97 Å². The molecule has 0 radical (unpaired) electrons. The molecule has 98 valence electrons. The van der Waals surface area contributed by atoms with Crippen molar-refractivity contribution in [2.24, 2.45) is 0 Å². The Bertz CT molecular complexity index is 697. The minimum absolute atomic E-state index is 0.209. The molecule has 0 saturated carbocycles. The fraction of sp³-hybridized carbons (Fsp3) is 0. The Hall–Kier alpha value is -2.88. The van der Waals surface area contributed by atoms with Crippen molar-refractivity contribution in [3.05, 3.63) is 67.0 Å². The number of ether oxygens (including phenoxy) is 1. The molecule has 0 fully saturated rings. The predicted molar refractivity (Wildman–Crippen MR) is 75.6 cm³/mol. The van der Waals surface area contributed by atoms with Crippen molar-refractivity contribution in [2.75, 3.05) is 0 Å². The summed E-state index contributed by atoms with van der Waals surface area (Å²) in [5, 5.41) is 9.24. The lowest BCUT2D eigenvalue weighted by Gasteiger charge is -2.07. The van der Waals surface area contributed by atoms with Gasteiger partial charge in [0, 0.05) is 18.5 Å². The van der Waals surface area contributed by atoms with E-state index in [1.54, 1.807) is 42.7 Å². The lowest BCUT2D eigenvalue weighted by atomic mass is 10.2. The summed E-state index contributed by atoms with van der Waals surface area (Å²) in [5.41, 5.74) is 1.55. The molecule has 1 N–H and O–H groups in total. The van der Waals surface area contributed by atoms with Gasteiger partial charge in [0.2, 0.25) is 0 Å². The van der Waals surface area contributed by atoms with Crippen molar-refractivity contribution in [3.63, 3.8) is 0 Å². The highest BCUT2D eigenvalue weighted by Crippen LogP contribution is 2.25. The third-order valence-electron chi connectivity index (χ3n) is 2.73. The molecule has 3 aromatic rings. The number of benzene rings is 1. The molecule has 0 bridgehead atoms. The van der Waals surface area contributed by atoms with Crippen LogP contribution in [0.4, 0.5) is 0 Å². The Morgan fingerprint density at radius 3 is 2.30 bits per heavy atom. The van der Waals surface area contributed by atoms with Gasteiger partial charge in [-0.05, 0) is 42.5 Å². The maximum absolute atomic E-state index is 9.24. The molecule has 0 atom stereocenters. The first kappa shape index (κ1) is 12.2. The molecule has 20 heavy (non-hydrogen) atoms. The normalized spacial score (nSPS) is 10.2. The van der Waals surface area contributed by atoms with Gasteiger partial charge in [0.25, 0.3) is 0 Å². The standard InChI is InChI=1S/C16H12N2O2/c19-12-4-6-13(7-5-12)20-14-8-10-18-16(11-14)15-3-1-2-9-17-15/h1-11,19H. The van der Waals surface area contributed by atoms with Crippen LogP contribution in [-0.2, 0) is 0 Å². The molecule has 0 aliphatic carbocycles. The minimum atomic E-state index is 0.209. The fourth-order valence-corrected chi connectivity index (χ4v) is 1.78. The minimum Gasteiger partial charge on any atom is -0.508 e. The maximum atomic E-state index is 9.24. The van der Waals surface area contributed by atoms with E-state index in [0.29, 0.717) is 11.5 Å². The van der Waals surface area contributed by atoms with Crippen LogP contribution < -0.4 is 4.74 Å². The zero-order valence-electron chi connectivity index (χ0n) is 10.6. The molecule has 4 heteroatoms. The van der Waals surface area contributed by atoms with E-state index < -0.39 is 0 Å². The largest absolute Gasteiger partial charge is 0.508 e. The van der Waals surface area contributed by atoms with Gasteiger partial charge in [-0.25, -0.2) is 0 Å². The van der Waals surface area contributed by atoms with Gasteiger partial charge < -0.3 is 9.84 Å². The molecule has 3 rings (SSSR count). The summed E-state index contributed by atoms with van der Waals surface area (Å²) in [7, 11) is 0. The number of aromatic hydroxyl groups is 1. The first-order valence-electron chi connectivity index (χ1n) is 6.15.